The third kappa shape index (κ3) is 2.27. The van der Waals surface area contributed by atoms with Gasteiger partial charge in [0.1, 0.15) is 0 Å². The van der Waals surface area contributed by atoms with Gasteiger partial charge in [-0.2, -0.15) is 5.26 Å². The Kier molecular flexibility index (Phi) is 2.86. The summed E-state index contributed by atoms with van der Waals surface area (Å²) in [6.07, 6.45) is 1.70. The molecule has 0 aliphatic rings. The van der Waals surface area contributed by atoms with E-state index in [-0.39, 0.29) is 0 Å². The number of halogens is 1. The van der Waals surface area contributed by atoms with Crippen molar-refractivity contribution in [2.24, 2.45) is 0 Å². The lowest BCUT2D eigenvalue weighted by atomic mass is 10.2. The lowest BCUT2D eigenvalue weighted by molar-refractivity contribution is 1.39. The molecule has 0 aliphatic carbocycles. The molecule has 0 spiro atoms. The number of nitrogens with one attached hydrogen (secondary N) is 1. The van der Waals surface area contributed by atoms with E-state index >= 15 is 0 Å². The van der Waals surface area contributed by atoms with Crippen molar-refractivity contribution >= 4 is 33.8 Å². The summed E-state index contributed by atoms with van der Waals surface area (Å²) in [4.78, 5) is 4.07. The van der Waals surface area contributed by atoms with Crippen LogP contribution in [-0.2, 0) is 0 Å². The molecule has 0 radical (unpaired) electrons. The van der Waals surface area contributed by atoms with Gasteiger partial charge in [-0.25, -0.2) is 4.98 Å². The number of nitriles is 1. The average molecular weight is 236 g/mol. The molecule has 0 fully saturated rings. The Bertz CT molecular complexity index is 502. The zero-order valence-corrected chi connectivity index (χ0v) is 9.14. The van der Waals surface area contributed by atoms with Gasteiger partial charge in [0, 0.05) is 11.6 Å². The SMILES string of the molecule is N#Cc1ccc(Cl)c(Nc2nccs2)c1. The molecule has 0 unspecified atom stereocenters. The van der Waals surface area contributed by atoms with Crippen molar-refractivity contribution in [3.8, 4) is 6.07 Å². The van der Waals surface area contributed by atoms with Gasteiger partial charge in [0.2, 0.25) is 0 Å². The topological polar surface area (TPSA) is 48.7 Å². The third-order valence-corrected chi connectivity index (χ3v) is 2.79. The van der Waals surface area contributed by atoms with Gasteiger partial charge in [0.15, 0.2) is 5.13 Å². The Balaban J connectivity index is 2.32. The molecule has 74 valence electrons. The first-order chi connectivity index (χ1) is 7.29. The van der Waals surface area contributed by atoms with Crippen LogP contribution in [0.25, 0.3) is 0 Å². The highest BCUT2D eigenvalue weighted by Crippen LogP contribution is 2.27. The highest BCUT2D eigenvalue weighted by Gasteiger charge is 2.03. The molecule has 15 heavy (non-hydrogen) atoms. The minimum atomic E-state index is 0.568. The fourth-order valence-electron chi connectivity index (χ4n) is 1.09. The number of hydrogen-bond acceptors (Lipinski definition) is 4. The van der Waals surface area contributed by atoms with Crippen molar-refractivity contribution in [1.82, 2.24) is 4.98 Å². The van der Waals surface area contributed by atoms with Crippen LogP contribution in [-0.4, -0.2) is 4.98 Å². The van der Waals surface area contributed by atoms with Crippen molar-refractivity contribution in [3.63, 3.8) is 0 Å². The second kappa shape index (κ2) is 4.30. The Morgan fingerprint density at radius 1 is 1.47 bits per heavy atom. The van der Waals surface area contributed by atoms with Gasteiger partial charge in [-0.1, -0.05) is 11.6 Å². The maximum atomic E-state index is 8.75. The standard InChI is InChI=1S/C10H6ClN3S/c11-8-2-1-7(6-12)5-9(8)14-10-13-3-4-15-10/h1-5H,(H,13,14). The molecule has 1 aromatic carbocycles. The molecular formula is C10H6ClN3S. The predicted molar refractivity (Wildman–Crippen MR) is 61.6 cm³/mol. The van der Waals surface area contributed by atoms with E-state index in [2.05, 4.69) is 16.4 Å². The molecule has 0 atom stereocenters. The van der Waals surface area contributed by atoms with Gasteiger partial charge in [0.05, 0.1) is 22.3 Å². The van der Waals surface area contributed by atoms with Gasteiger partial charge >= 0.3 is 0 Å². The largest absolute Gasteiger partial charge is 0.330 e. The zero-order valence-electron chi connectivity index (χ0n) is 7.57. The van der Waals surface area contributed by atoms with E-state index in [1.165, 1.54) is 11.3 Å². The van der Waals surface area contributed by atoms with Crippen LogP contribution in [0.5, 0.6) is 0 Å². The number of hydrogen-bond donors (Lipinski definition) is 1. The van der Waals surface area contributed by atoms with Crippen molar-refractivity contribution < 1.29 is 0 Å². The molecule has 3 nitrogen and oxygen atoms in total. The summed E-state index contributed by atoms with van der Waals surface area (Å²) in [6.45, 7) is 0. The summed E-state index contributed by atoms with van der Waals surface area (Å²) in [5.74, 6) is 0. The van der Waals surface area contributed by atoms with E-state index in [9.17, 15) is 0 Å². The summed E-state index contributed by atoms with van der Waals surface area (Å²) in [5.41, 5.74) is 1.27. The maximum Gasteiger partial charge on any atom is 0.187 e. The highest BCUT2D eigenvalue weighted by atomic mass is 35.5. The van der Waals surface area contributed by atoms with E-state index < -0.39 is 0 Å². The Labute approximate surface area is 96.0 Å². The third-order valence-electron chi connectivity index (χ3n) is 1.77. The number of aromatic nitrogens is 1. The van der Waals surface area contributed by atoms with Gasteiger partial charge < -0.3 is 5.32 Å². The molecule has 2 rings (SSSR count). The molecule has 0 saturated carbocycles. The van der Waals surface area contributed by atoms with E-state index in [1.807, 2.05) is 5.38 Å². The van der Waals surface area contributed by atoms with Gasteiger partial charge in [-0.15, -0.1) is 11.3 Å². The van der Waals surface area contributed by atoms with Crippen LogP contribution in [0.15, 0.2) is 29.8 Å². The van der Waals surface area contributed by atoms with Crippen molar-refractivity contribution in [2.75, 3.05) is 5.32 Å². The smallest absolute Gasteiger partial charge is 0.187 e. The van der Waals surface area contributed by atoms with Crippen LogP contribution in [0.1, 0.15) is 5.56 Å². The summed E-state index contributed by atoms with van der Waals surface area (Å²) >= 11 is 7.45. The molecule has 2 aromatic rings. The summed E-state index contributed by atoms with van der Waals surface area (Å²) in [7, 11) is 0. The summed E-state index contributed by atoms with van der Waals surface area (Å²) in [6, 6.07) is 7.12. The van der Waals surface area contributed by atoms with Gasteiger partial charge in [-0.3, -0.25) is 0 Å². The molecule has 0 amide bonds. The first-order valence-corrected chi connectivity index (χ1v) is 5.41. The molecule has 5 heteroatoms. The van der Waals surface area contributed by atoms with Gasteiger partial charge in [0.25, 0.3) is 0 Å². The molecule has 0 aliphatic heterocycles. The van der Waals surface area contributed by atoms with E-state index in [1.54, 1.807) is 24.4 Å². The summed E-state index contributed by atoms with van der Waals surface area (Å²) < 4.78 is 0. The predicted octanol–water partition coefficient (Wildman–Crippen LogP) is 3.41. The summed E-state index contributed by atoms with van der Waals surface area (Å²) in [5, 5.41) is 15.0. The minimum absolute atomic E-state index is 0.568. The molecule has 1 heterocycles. The van der Waals surface area contributed by atoms with E-state index in [0.29, 0.717) is 16.3 Å². The Morgan fingerprint density at radius 3 is 3.00 bits per heavy atom. The lowest BCUT2D eigenvalue weighted by Gasteiger charge is -2.04. The zero-order chi connectivity index (χ0) is 10.7. The fourth-order valence-corrected chi connectivity index (χ4v) is 1.80. The van der Waals surface area contributed by atoms with Crippen molar-refractivity contribution in [1.29, 1.82) is 5.26 Å². The normalized spacial score (nSPS) is 9.60. The second-order valence-corrected chi connectivity index (χ2v) is 4.07. The number of rotatable bonds is 2. The van der Waals surface area contributed by atoms with Gasteiger partial charge in [-0.05, 0) is 18.2 Å². The van der Waals surface area contributed by atoms with Crippen LogP contribution in [0, 0.1) is 11.3 Å². The average Bonchev–Trinajstić information content (AvgIpc) is 2.74. The monoisotopic (exact) mass is 235 g/mol. The van der Waals surface area contributed by atoms with Crippen LogP contribution >= 0.6 is 22.9 Å². The number of anilines is 2. The first-order valence-electron chi connectivity index (χ1n) is 4.16. The second-order valence-electron chi connectivity index (χ2n) is 2.77. The van der Waals surface area contributed by atoms with Crippen LogP contribution in [0.2, 0.25) is 5.02 Å². The fraction of sp³-hybridized carbons (Fsp3) is 0. The van der Waals surface area contributed by atoms with Crippen molar-refractivity contribution in [2.45, 2.75) is 0 Å². The molecule has 1 N–H and O–H groups in total. The van der Waals surface area contributed by atoms with Crippen molar-refractivity contribution in [3.05, 3.63) is 40.4 Å². The maximum absolute atomic E-state index is 8.75. The van der Waals surface area contributed by atoms with Crippen LogP contribution < -0.4 is 5.32 Å². The molecule has 1 aromatic heterocycles. The highest BCUT2D eigenvalue weighted by molar-refractivity contribution is 7.13. The lowest BCUT2D eigenvalue weighted by Crippen LogP contribution is -1.90. The quantitative estimate of drug-likeness (QED) is 0.868. The number of thiazole rings is 1. The van der Waals surface area contributed by atoms with E-state index in [4.69, 9.17) is 16.9 Å². The van der Waals surface area contributed by atoms with Crippen LogP contribution in [0.3, 0.4) is 0 Å². The first kappa shape index (κ1) is 9.97. The molecule has 0 saturated heterocycles. The van der Waals surface area contributed by atoms with Crippen LogP contribution in [0.4, 0.5) is 10.8 Å². The molecular weight excluding hydrogens is 230 g/mol. The number of nitrogens with zero attached hydrogens (tertiary/aromatic N) is 2. The Morgan fingerprint density at radius 2 is 2.33 bits per heavy atom. The number of benzene rings is 1. The minimum Gasteiger partial charge on any atom is -0.330 e. The molecule has 0 bridgehead atoms. The Hall–Kier alpha value is -1.57. The van der Waals surface area contributed by atoms with E-state index in [0.717, 1.165) is 5.13 Å².